The molecule has 1 N–H and O–H groups in total. The molecule has 2 unspecified atom stereocenters. The predicted octanol–water partition coefficient (Wildman–Crippen LogP) is 1.34. The Hall–Kier alpha value is -0.870. The minimum atomic E-state index is -0.281. The van der Waals surface area contributed by atoms with Crippen LogP contribution >= 0.6 is 11.6 Å². The van der Waals surface area contributed by atoms with Crippen molar-refractivity contribution in [2.45, 2.75) is 19.4 Å². The molecular formula is C10H14ClN3O. The van der Waals surface area contributed by atoms with E-state index in [2.05, 4.69) is 17.1 Å². The van der Waals surface area contributed by atoms with E-state index in [1.165, 1.54) is 0 Å². The molecule has 0 bridgehead atoms. The Bertz CT molecular complexity index is 330. The first-order valence-electron chi connectivity index (χ1n) is 5.09. The fourth-order valence-corrected chi connectivity index (χ4v) is 1.84. The largest absolute Gasteiger partial charge is 0.391 e. The Labute approximate surface area is 93.9 Å². The lowest BCUT2D eigenvalue weighted by Crippen LogP contribution is -2.43. The summed E-state index contributed by atoms with van der Waals surface area (Å²) in [7, 11) is 0. The molecular weight excluding hydrogens is 214 g/mol. The highest BCUT2D eigenvalue weighted by molar-refractivity contribution is 6.29. The average molecular weight is 228 g/mol. The molecule has 0 amide bonds. The van der Waals surface area contributed by atoms with Gasteiger partial charge in [-0.05, 0) is 24.5 Å². The molecule has 2 atom stereocenters. The Morgan fingerprint density at radius 1 is 1.47 bits per heavy atom. The number of β-amino-alcohol motifs (C(OH)–C–C–N with tert-alkyl or cyclic N) is 1. The molecule has 1 fully saturated rings. The van der Waals surface area contributed by atoms with Gasteiger partial charge in [-0.3, -0.25) is 0 Å². The van der Waals surface area contributed by atoms with Crippen LogP contribution in [-0.2, 0) is 0 Å². The zero-order valence-corrected chi connectivity index (χ0v) is 9.35. The van der Waals surface area contributed by atoms with Crippen LogP contribution in [0.15, 0.2) is 12.1 Å². The molecule has 82 valence electrons. The third kappa shape index (κ3) is 2.38. The number of hydrogen-bond donors (Lipinski definition) is 1. The number of anilines is 1. The number of piperidine rings is 1. The lowest BCUT2D eigenvalue weighted by Gasteiger charge is -2.34. The van der Waals surface area contributed by atoms with Gasteiger partial charge in [0.2, 0.25) is 0 Å². The SMILES string of the molecule is CC1CCN(c2ccc(Cl)nn2)CC1O. The summed E-state index contributed by atoms with van der Waals surface area (Å²) in [6, 6.07) is 3.55. The van der Waals surface area contributed by atoms with Gasteiger partial charge in [-0.15, -0.1) is 10.2 Å². The summed E-state index contributed by atoms with van der Waals surface area (Å²) in [6.07, 6.45) is 0.696. The first-order valence-corrected chi connectivity index (χ1v) is 5.47. The minimum Gasteiger partial charge on any atom is -0.391 e. The third-order valence-electron chi connectivity index (χ3n) is 2.86. The molecule has 0 spiro atoms. The van der Waals surface area contributed by atoms with Gasteiger partial charge < -0.3 is 10.0 Å². The van der Waals surface area contributed by atoms with E-state index in [4.69, 9.17) is 11.6 Å². The van der Waals surface area contributed by atoms with Crippen LogP contribution in [0, 0.1) is 5.92 Å². The molecule has 1 aromatic heterocycles. The Balaban J connectivity index is 2.08. The van der Waals surface area contributed by atoms with Crippen LogP contribution in [0.5, 0.6) is 0 Å². The number of aromatic nitrogens is 2. The van der Waals surface area contributed by atoms with E-state index in [0.29, 0.717) is 17.6 Å². The summed E-state index contributed by atoms with van der Waals surface area (Å²) in [6.45, 7) is 3.60. The Morgan fingerprint density at radius 3 is 2.87 bits per heavy atom. The van der Waals surface area contributed by atoms with Crippen LogP contribution in [0.3, 0.4) is 0 Å². The van der Waals surface area contributed by atoms with Crippen molar-refractivity contribution < 1.29 is 5.11 Å². The minimum absolute atomic E-state index is 0.281. The van der Waals surface area contributed by atoms with Gasteiger partial charge in [-0.25, -0.2) is 0 Å². The van der Waals surface area contributed by atoms with Gasteiger partial charge in [-0.2, -0.15) is 0 Å². The number of halogens is 1. The van der Waals surface area contributed by atoms with Crippen molar-refractivity contribution in [1.29, 1.82) is 0 Å². The molecule has 0 aliphatic carbocycles. The molecule has 0 aromatic carbocycles. The summed E-state index contributed by atoms with van der Waals surface area (Å²) in [4.78, 5) is 2.04. The van der Waals surface area contributed by atoms with Crippen molar-refractivity contribution in [1.82, 2.24) is 10.2 Å². The molecule has 15 heavy (non-hydrogen) atoms. The van der Waals surface area contributed by atoms with Crippen molar-refractivity contribution >= 4 is 17.4 Å². The smallest absolute Gasteiger partial charge is 0.151 e. The van der Waals surface area contributed by atoms with Crippen molar-refractivity contribution in [3.63, 3.8) is 0 Å². The Kier molecular flexibility index (Phi) is 3.07. The molecule has 0 radical (unpaired) electrons. The molecule has 4 nitrogen and oxygen atoms in total. The Morgan fingerprint density at radius 2 is 2.27 bits per heavy atom. The third-order valence-corrected chi connectivity index (χ3v) is 3.06. The van der Waals surface area contributed by atoms with Crippen LogP contribution in [-0.4, -0.2) is 34.5 Å². The van der Waals surface area contributed by atoms with Gasteiger partial charge in [0.25, 0.3) is 0 Å². The lowest BCUT2D eigenvalue weighted by molar-refractivity contribution is 0.102. The van der Waals surface area contributed by atoms with Gasteiger partial charge in [-0.1, -0.05) is 18.5 Å². The number of hydrogen-bond acceptors (Lipinski definition) is 4. The molecule has 0 saturated carbocycles. The average Bonchev–Trinajstić information content (AvgIpc) is 2.23. The number of aliphatic hydroxyl groups is 1. The maximum atomic E-state index is 9.75. The van der Waals surface area contributed by atoms with E-state index in [1.54, 1.807) is 6.07 Å². The number of aliphatic hydroxyl groups excluding tert-OH is 1. The molecule has 5 heteroatoms. The van der Waals surface area contributed by atoms with Crippen LogP contribution in [0.1, 0.15) is 13.3 Å². The van der Waals surface area contributed by atoms with E-state index >= 15 is 0 Å². The highest BCUT2D eigenvalue weighted by atomic mass is 35.5. The van der Waals surface area contributed by atoms with Gasteiger partial charge in [0, 0.05) is 13.1 Å². The normalized spacial score (nSPS) is 26.7. The first kappa shape index (κ1) is 10.6. The first-order chi connectivity index (χ1) is 7.16. The van der Waals surface area contributed by atoms with Crippen LogP contribution < -0.4 is 4.90 Å². The van der Waals surface area contributed by atoms with Crippen LogP contribution in [0.25, 0.3) is 0 Å². The zero-order valence-electron chi connectivity index (χ0n) is 8.60. The van der Waals surface area contributed by atoms with Crippen molar-refractivity contribution in [3.8, 4) is 0 Å². The van der Waals surface area contributed by atoms with Gasteiger partial charge >= 0.3 is 0 Å². The predicted molar refractivity (Wildman–Crippen MR) is 59.0 cm³/mol. The second-order valence-electron chi connectivity index (χ2n) is 3.99. The van der Waals surface area contributed by atoms with Crippen molar-refractivity contribution in [3.05, 3.63) is 17.3 Å². The maximum absolute atomic E-state index is 9.75. The fourth-order valence-electron chi connectivity index (χ4n) is 1.73. The number of nitrogens with zero attached hydrogens (tertiary/aromatic N) is 3. The summed E-state index contributed by atoms with van der Waals surface area (Å²) < 4.78 is 0. The van der Waals surface area contributed by atoms with Gasteiger partial charge in [0.1, 0.15) is 0 Å². The van der Waals surface area contributed by atoms with E-state index in [9.17, 15) is 5.11 Å². The van der Waals surface area contributed by atoms with Crippen LogP contribution in [0.4, 0.5) is 5.82 Å². The topological polar surface area (TPSA) is 49.2 Å². The monoisotopic (exact) mass is 227 g/mol. The van der Waals surface area contributed by atoms with Crippen molar-refractivity contribution in [2.24, 2.45) is 5.92 Å². The van der Waals surface area contributed by atoms with Gasteiger partial charge in [0.05, 0.1) is 6.10 Å². The highest BCUT2D eigenvalue weighted by Crippen LogP contribution is 2.21. The summed E-state index contributed by atoms with van der Waals surface area (Å²) in [5, 5.41) is 17.9. The molecule has 1 aliphatic rings. The maximum Gasteiger partial charge on any atom is 0.151 e. The molecule has 1 saturated heterocycles. The summed E-state index contributed by atoms with van der Waals surface area (Å²) in [5.74, 6) is 1.15. The second kappa shape index (κ2) is 4.33. The van der Waals surface area contributed by atoms with E-state index in [-0.39, 0.29) is 6.10 Å². The summed E-state index contributed by atoms with van der Waals surface area (Å²) >= 11 is 5.66. The number of rotatable bonds is 1. The van der Waals surface area contributed by atoms with Crippen LogP contribution in [0.2, 0.25) is 5.15 Å². The molecule has 1 aliphatic heterocycles. The standard InChI is InChI=1S/C10H14ClN3O/c1-7-4-5-14(6-8(7)15)10-3-2-9(11)12-13-10/h2-3,7-8,15H,4-6H2,1H3. The second-order valence-corrected chi connectivity index (χ2v) is 4.38. The lowest BCUT2D eigenvalue weighted by atomic mass is 9.96. The van der Waals surface area contributed by atoms with E-state index < -0.39 is 0 Å². The molecule has 2 rings (SSSR count). The van der Waals surface area contributed by atoms with E-state index in [0.717, 1.165) is 18.8 Å². The van der Waals surface area contributed by atoms with E-state index in [1.807, 2.05) is 11.0 Å². The highest BCUT2D eigenvalue weighted by Gasteiger charge is 2.24. The molecule has 1 aromatic rings. The van der Waals surface area contributed by atoms with Gasteiger partial charge in [0.15, 0.2) is 11.0 Å². The fraction of sp³-hybridized carbons (Fsp3) is 0.600. The van der Waals surface area contributed by atoms with Crippen molar-refractivity contribution in [2.75, 3.05) is 18.0 Å². The zero-order chi connectivity index (χ0) is 10.8. The quantitative estimate of drug-likeness (QED) is 0.787. The summed E-state index contributed by atoms with van der Waals surface area (Å²) in [5.41, 5.74) is 0. The molecule has 2 heterocycles.